The van der Waals surface area contributed by atoms with E-state index in [1.807, 2.05) is 32.0 Å². The highest BCUT2D eigenvalue weighted by Gasteiger charge is 2.33. The minimum atomic E-state index is -3.52. The molecule has 0 aromatic heterocycles. The molecule has 0 radical (unpaired) electrons. The maximum Gasteiger partial charge on any atom is 0.279 e. The zero-order valence-corrected chi connectivity index (χ0v) is 13.6. The first-order valence-corrected chi connectivity index (χ1v) is 8.22. The van der Waals surface area contributed by atoms with Gasteiger partial charge in [-0.25, -0.2) is 0 Å². The first-order chi connectivity index (χ1) is 9.70. The van der Waals surface area contributed by atoms with Crippen LogP contribution in [0, 0.1) is 13.8 Å². The summed E-state index contributed by atoms with van der Waals surface area (Å²) < 4.78 is 27.3. The third-order valence-corrected chi connectivity index (χ3v) is 5.32. The molecule has 2 rings (SSSR count). The summed E-state index contributed by atoms with van der Waals surface area (Å²) in [6.45, 7) is 4.36. The van der Waals surface area contributed by atoms with Crippen molar-refractivity contribution < 1.29 is 13.2 Å². The SMILES string of the molecule is Cc1ccc(N2C[C@H](NS(=O)(=O)N(C)C)CC2=O)cc1C. The van der Waals surface area contributed by atoms with E-state index >= 15 is 0 Å². The van der Waals surface area contributed by atoms with E-state index in [1.54, 1.807) is 4.90 Å². The van der Waals surface area contributed by atoms with Gasteiger partial charge in [0.2, 0.25) is 5.91 Å². The standard InChI is InChI=1S/C14H21N3O3S/c1-10-5-6-13(7-11(10)2)17-9-12(8-14(17)18)15-21(19,20)16(3)4/h5-7,12,15H,8-9H2,1-4H3/t12-/m1/s1. The number of rotatable bonds is 4. The average molecular weight is 311 g/mol. The van der Waals surface area contributed by atoms with Crippen LogP contribution < -0.4 is 9.62 Å². The summed E-state index contributed by atoms with van der Waals surface area (Å²) in [5.74, 6) is -0.0651. The van der Waals surface area contributed by atoms with E-state index < -0.39 is 16.3 Å². The van der Waals surface area contributed by atoms with E-state index in [4.69, 9.17) is 0 Å². The van der Waals surface area contributed by atoms with Crippen LogP contribution >= 0.6 is 0 Å². The van der Waals surface area contributed by atoms with Gasteiger partial charge in [-0.2, -0.15) is 17.4 Å². The molecule has 1 aromatic rings. The van der Waals surface area contributed by atoms with E-state index in [1.165, 1.54) is 14.1 Å². The van der Waals surface area contributed by atoms with Crippen LogP contribution in [0.4, 0.5) is 5.69 Å². The predicted octanol–water partition coefficient (Wildman–Crippen LogP) is 0.805. The molecule has 0 saturated carbocycles. The van der Waals surface area contributed by atoms with Gasteiger partial charge in [-0.3, -0.25) is 4.79 Å². The molecule has 21 heavy (non-hydrogen) atoms. The normalized spacial score (nSPS) is 19.6. The van der Waals surface area contributed by atoms with Gasteiger partial charge in [0.15, 0.2) is 0 Å². The van der Waals surface area contributed by atoms with Crippen molar-refractivity contribution in [2.24, 2.45) is 0 Å². The summed E-state index contributed by atoms with van der Waals surface area (Å²) in [5, 5.41) is 0. The molecular weight excluding hydrogens is 290 g/mol. The monoisotopic (exact) mass is 311 g/mol. The zero-order valence-electron chi connectivity index (χ0n) is 12.8. The molecule has 1 saturated heterocycles. The summed E-state index contributed by atoms with van der Waals surface area (Å²) in [6.07, 6.45) is 0.181. The van der Waals surface area contributed by atoms with E-state index in [2.05, 4.69) is 4.72 Å². The van der Waals surface area contributed by atoms with E-state index in [0.29, 0.717) is 6.54 Å². The lowest BCUT2D eigenvalue weighted by Gasteiger charge is -2.19. The smallest absolute Gasteiger partial charge is 0.279 e. The highest BCUT2D eigenvalue weighted by atomic mass is 32.2. The van der Waals surface area contributed by atoms with Crippen LogP contribution in [-0.2, 0) is 15.0 Å². The minimum absolute atomic E-state index is 0.0651. The molecule has 1 fully saturated rings. The zero-order chi connectivity index (χ0) is 15.8. The van der Waals surface area contributed by atoms with Gasteiger partial charge in [-0.1, -0.05) is 6.07 Å². The maximum absolute atomic E-state index is 12.1. The average Bonchev–Trinajstić information content (AvgIpc) is 2.72. The van der Waals surface area contributed by atoms with Gasteiger partial charge in [-0.05, 0) is 37.1 Å². The number of hydrogen-bond donors (Lipinski definition) is 1. The van der Waals surface area contributed by atoms with Crippen molar-refractivity contribution in [3.05, 3.63) is 29.3 Å². The molecule has 6 nitrogen and oxygen atoms in total. The summed E-state index contributed by atoms with van der Waals surface area (Å²) in [7, 11) is -0.604. The van der Waals surface area contributed by atoms with Crippen molar-refractivity contribution in [2.75, 3.05) is 25.5 Å². The van der Waals surface area contributed by atoms with Gasteiger partial charge >= 0.3 is 0 Å². The van der Waals surface area contributed by atoms with Crippen LogP contribution in [0.2, 0.25) is 0 Å². The molecular formula is C14H21N3O3S. The van der Waals surface area contributed by atoms with Gasteiger partial charge < -0.3 is 4.90 Å². The number of carbonyl (C=O) groups excluding carboxylic acids is 1. The third kappa shape index (κ3) is 3.42. The summed E-state index contributed by atoms with van der Waals surface area (Å²) in [6, 6.07) is 5.42. The summed E-state index contributed by atoms with van der Waals surface area (Å²) >= 11 is 0. The summed E-state index contributed by atoms with van der Waals surface area (Å²) in [5.41, 5.74) is 3.09. The molecule has 1 aliphatic rings. The van der Waals surface area contributed by atoms with Gasteiger partial charge in [-0.15, -0.1) is 0 Å². The first-order valence-electron chi connectivity index (χ1n) is 6.78. The number of nitrogens with one attached hydrogen (secondary N) is 1. The van der Waals surface area contributed by atoms with Crippen molar-refractivity contribution in [1.29, 1.82) is 0 Å². The molecule has 1 atom stereocenters. The van der Waals surface area contributed by atoms with Crippen molar-refractivity contribution in [3.63, 3.8) is 0 Å². The van der Waals surface area contributed by atoms with Gasteiger partial charge in [0.05, 0.1) is 0 Å². The number of carbonyl (C=O) groups is 1. The Labute approximate surface area is 125 Å². The molecule has 116 valence electrons. The van der Waals surface area contributed by atoms with Crippen LogP contribution in [0.5, 0.6) is 0 Å². The molecule has 0 spiro atoms. The van der Waals surface area contributed by atoms with Crippen molar-refractivity contribution in [1.82, 2.24) is 9.03 Å². The Balaban J connectivity index is 2.15. The van der Waals surface area contributed by atoms with Crippen molar-refractivity contribution in [2.45, 2.75) is 26.3 Å². The second kappa shape index (κ2) is 5.75. The molecule has 0 aliphatic carbocycles. The molecule has 1 N–H and O–H groups in total. The predicted molar refractivity (Wildman–Crippen MR) is 82.4 cm³/mol. The van der Waals surface area contributed by atoms with Crippen LogP contribution in [0.25, 0.3) is 0 Å². The van der Waals surface area contributed by atoms with Crippen LogP contribution in [0.3, 0.4) is 0 Å². The fourth-order valence-electron chi connectivity index (χ4n) is 2.25. The molecule has 0 bridgehead atoms. The lowest BCUT2D eigenvalue weighted by Crippen LogP contribution is -2.43. The maximum atomic E-state index is 12.1. The molecule has 7 heteroatoms. The number of hydrogen-bond acceptors (Lipinski definition) is 3. The minimum Gasteiger partial charge on any atom is -0.311 e. The molecule has 1 heterocycles. The fraction of sp³-hybridized carbons (Fsp3) is 0.500. The molecule has 1 amide bonds. The largest absolute Gasteiger partial charge is 0.311 e. The number of benzene rings is 1. The van der Waals surface area contributed by atoms with Gasteiger partial charge in [0.25, 0.3) is 10.2 Å². The highest BCUT2D eigenvalue weighted by molar-refractivity contribution is 7.87. The van der Waals surface area contributed by atoms with Crippen LogP contribution in [0.1, 0.15) is 17.5 Å². The highest BCUT2D eigenvalue weighted by Crippen LogP contribution is 2.24. The quantitative estimate of drug-likeness (QED) is 0.894. The molecule has 0 unspecified atom stereocenters. The van der Waals surface area contributed by atoms with Crippen molar-refractivity contribution in [3.8, 4) is 0 Å². The van der Waals surface area contributed by atoms with E-state index in [-0.39, 0.29) is 12.3 Å². The van der Waals surface area contributed by atoms with Crippen molar-refractivity contribution >= 4 is 21.8 Å². The Kier molecular flexibility index (Phi) is 4.36. The second-order valence-corrected chi connectivity index (χ2v) is 7.50. The van der Waals surface area contributed by atoms with E-state index in [0.717, 1.165) is 21.1 Å². The Morgan fingerprint density at radius 1 is 1.24 bits per heavy atom. The Bertz CT molecular complexity index is 655. The third-order valence-electron chi connectivity index (χ3n) is 3.72. The number of anilines is 1. The van der Waals surface area contributed by atoms with Crippen LogP contribution in [-0.4, -0.2) is 45.3 Å². The molecule has 1 aliphatic heterocycles. The van der Waals surface area contributed by atoms with E-state index in [9.17, 15) is 13.2 Å². The van der Waals surface area contributed by atoms with Crippen LogP contribution in [0.15, 0.2) is 18.2 Å². The van der Waals surface area contributed by atoms with Gasteiger partial charge in [0.1, 0.15) is 0 Å². The first kappa shape index (κ1) is 15.9. The lowest BCUT2D eigenvalue weighted by molar-refractivity contribution is -0.117. The number of nitrogens with zero attached hydrogens (tertiary/aromatic N) is 2. The fourth-order valence-corrected chi connectivity index (χ4v) is 3.04. The Morgan fingerprint density at radius 3 is 2.48 bits per heavy atom. The Hall–Kier alpha value is -1.44. The Morgan fingerprint density at radius 2 is 1.90 bits per heavy atom. The van der Waals surface area contributed by atoms with Gasteiger partial charge in [0, 0.05) is 38.8 Å². The number of amides is 1. The molecule has 1 aromatic carbocycles. The second-order valence-electron chi connectivity index (χ2n) is 5.58. The number of aryl methyl sites for hydroxylation is 2. The topological polar surface area (TPSA) is 69.7 Å². The summed E-state index contributed by atoms with van der Waals surface area (Å²) in [4.78, 5) is 13.7. The lowest BCUT2D eigenvalue weighted by atomic mass is 10.1.